The Bertz CT molecular complexity index is 414. The summed E-state index contributed by atoms with van der Waals surface area (Å²) in [5, 5.41) is 24.7. The Balaban J connectivity index is 2.48. The van der Waals surface area contributed by atoms with E-state index in [0.29, 0.717) is 0 Å². The lowest BCUT2D eigenvalue weighted by atomic mass is 10.0. The molecule has 0 spiro atoms. The Morgan fingerprint density at radius 3 is 2.72 bits per heavy atom. The number of aliphatic carboxylic acids is 1. The highest BCUT2D eigenvalue weighted by molar-refractivity contribution is 5.79. The summed E-state index contributed by atoms with van der Waals surface area (Å²) in [4.78, 5) is 22.2. The predicted molar refractivity (Wildman–Crippen MR) is 62.8 cm³/mol. The van der Waals surface area contributed by atoms with E-state index in [4.69, 9.17) is 5.11 Å². The van der Waals surface area contributed by atoms with Crippen LogP contribution >= 0.6 is 0 Å². The normalized spacial score (nSPS) is 15.7. The van der Waals surface area contributed by atoms with Crippen LogP contribution in [0, 0.1) is 0 Å². The lowest BCUT2D eigenvalue weighted by Crippen LogP contribution is -2.44. The molecule has 0 aliphatic heterocycles. The standard InChI is InChI=1S/C11H17N3O4/c1-8(14-5-3-4-13-14)10(17)12-7-11(2,18)6-9(15)16/h3-5,8,18H,6-7H2,1-2H3,(H,12,17)(H,15,16). The third-order valence-electron chi connectivity index (χ3n) is 2.48. The number of rotatable bonds is 6. The minimum Gasteiger partial charge on any atom is -0.481 e. The monoisotopic (exact) mass is 255 g/mol. The van der Waals surface area contributed by atoms with Gasteiger partial charge < -0.3 is 15.5 Å². The van der Waals surface area contributed by atoms with Gasteiger partial charge in [-0.1, -0.05) is 0 Å². The van der Waals surface area contributed by atoms with Gasteiger partial charge in [-0.3, -0.25) is 14.3 Å². The van der Waals surface area contributed by atoms with Crippen molar-refractivity contribution in [1.82, 2.24) is 15.1 Å². The number of carbonyl (C=O) groups is 2. The third-order valence-corrected chi connectivity index (χ3v) is 2.48. The summed E-state index contributed by atoms with van der Waals surface area (Å²) in [5.74, 6) is -1.45. The van der Waals surface area contributed by atoms with Gasteiger partial charge in [0.15, 0.2) is 0 Å². The second kappa shape index (κ2) is 5.63. The van der Waals surface area contributed by atoms with E-state index in [-0.39, 0.29) is 12.5 Å². The van der Waals surface area contributed by atoms with E-state index >= 15 is 0 Å². The number of nitrogens with zero attached hydrogens (tertiary/aromatic N) is 2. The van der Waals surface area contributed by atoms with Crippen LogP contribution in [0.3, 0.4) is 0 Å². The fourth-order valence-corrected chi connectivity index (χ4v) is 1.44. The number of amides is 1. The number of hydrogen-bond donors (Lipinski definition) is 3. The minimum absolute atomic E-state index is 0.121. The lowest BCUT2D eigenvalue weighted by molar-refractivity contribution is -0.142. The van der Waals surface area contributed by atoms with Gasteiger partial charge in [0.1, 0.15) is 6.04 Å². The molecule has 100 valence electrons. The zero-order valence-electron chi connectivity index (χ0n) is 10.3. The highest BCUT2D eigenvalue weighted by atomic mass is 16.4. The maximum absolute atomic E-state index is 11.7. The highest BCUT2D eigenvalue weighted by Crippen LogP contribution is 2.09. The maximum atomic E-state index is 11.7. The van der Waals surface area contributed by atoms with Crippen LogP contribution in [0.1, 0.15) is 26.3 Å². The summed E-state index contributed by atoms with van der Waals surface area (Å²) in [6.07, 6.45) is 2.79. The molecule has 2 unspecified atom stereocenters. The molecule has 1 rings (SSSR count). The summed E-state index contributed by atoms with van der Waals surface area (Å²) in [5.41, 5.74) is -1.47. The summed E-state index contributed by atoms with van der Waals surface area (Å²) >= 11 is 0. The number of carboxylic acid groups (broad SMARTS) is 1. The molecule has 0 fully saturated rings. The molecule has 1 amide bonds. The topological polar surface area (TPSA) is 104 Å². The minimum atomic E-state index is -1.47. The van der Waals surface area contributed by atoms with Crippen LogP contribution in [0.2, 0.25) is 0 Å². The predicted octanol–water partition coefficient (Wildman–Crippen LogP) is -0.214. The van der Waals surface area contributed by atoms with Crippen LogP contribution < -0.4 is 5.32 Å². The first-order valence-electron chi connectivity index (χ1n) is 5.53. The molecule has 0 saturated carbocycles. The molecule has 0 saturated heterocycles. The number of aromatic nitrogens is 2. The number of nitrogens with one attached hydrogen (secondary N) is 1. The summed E-state index contributed by atoms with van der Waals surface area (Å²) in [7, 11) is 0. The zero-order valence-corrected chi connectivity index (χ0v) is 10.3. The first-order chi connectivity index (χ1) is 8.32. The maximum Gasteiger partial charge on any atom is 0.306 e. The van der Waals surface area contributed by atoms with Crippen molar-refractivity contribution in [2.24, 2.45) is 0 Å². The summed E-state index contributed by atoms with van der Waals surface area (Å²) in [6.45, 7) is 2.90. The molecule has 3 N–H and O–H groups in total. The van der Waals surface area contributed by atoms with Crippen molar-refractivity contribution in [2.45, 2.75) is 31.9 Å². The third kappa shape index (κ3) is 4.17. The Morgan fingerprint density at radius 1 is 1.56 bits per heavy atom. The molecule has 18 heavy (non-hydrogen) atoms. The van der Waals surface area contributed by atoms with Gasteiger partial charge >= 0.3 is 5.97 Å². The second-order valence-electron chi connectivity index (χ2n) is 4.45. The molecular formula is C11H17N3O4. The van der Waals surface area contributed by atoms with E-state index in [1.807, 2.05) is 0 Å². The second-order valence-corrected chi connectivity index (χ2v) is 4.45. The number of aliphatic hydroxyl groups is 1. The fourth-order valence-electron chi connectivity index (χ4n) is 1.44. The van der Waals surface area contributed by atoms with Crippen LogP contribution in [0.15, 0.2) is 18.5 Å². The first-order valence-corrected chi connectivity index (χ1v) is 5.53. The van der Waals surface area contributed by atoms with Crippen molar-refractivity contribution in [3.05, 3.63) is 18.5 Å². The van der Waals surface area contributed by atoms with Crippen LogP contribution in [-0.2, 0) is 9.59 Å². The van der Waals surface area contributed by atoms with Crippen molar-refractivity contribution in [3.63, 3.8) is 0 Å². The molecule has 0 aliphatic rings. The Labute approximate surface area is 104 Å². The Hall–Kier alpha value is -1.89. The molecule has 0 radical (unpaired) electrons. The van der Waals surface area contributed by atoms with Gasteiger partial charge in [0.25, 0.3) is 0 Å². The molecule has 7 nitrogen and oxygen atoms in total. The van der Waals surface area contributed by atoms with E-state index < -0.39 is 24.0 Å². The summed E-state index contributed by atoms with van der Waals surface area (Å²) in [6, 6.07) is 1.19. The van der Waals surface area contributed by atoms with Crippen molar-refractivity contribution in [1.29, 1.82) is 0 Å². The van der Waals surface area contributed by atoms with Crippen LogP contribution in [0.4, 0.5) is 0 Å². The largest absolute Gasteiger partial charge is 0.481 e. The van der Waals surface area contributed by atoms with E-state index in [2.05, 4.69) is 10.4 Å². The molecule has 7 heteroatoms. The van der Waals surface area contributed by atoms with Gasteiger partial charge in [-0.25, -0.2) is 0 Å². The Morgan fingerprint density at radius 2 is 2.22 bits per heavy atom. The molecule has 1 heterocycles. The smallest absolute Gasteiger partial charge is 0.306 e. The molecule has 1 aromatic rings. The Kier molecular flexibility index (Phi) is 4.43. The SMILES string of the molecule is CC(C(=O)NCC(C)(O)CC(=O)O)n1cccn1. The first kappa shape index (κ1) is 14.2. The fraction of sp³-hybridized carbons (Fsp3) is 0.545. The molecule has 0 aliphatic carbocycles. The van der Waals surface area contributed by atoms with E-state index in [1.165, 1.54) is 11.6 Å². The molecule has 0 bridgehead atoms. The van der Waals surface area contributed by atoms with Crippen LogP contribution in [0.25, 0.3) is 0 Å². The quantitative estimate of drug-likeness (QED) is 0.652. The molecular weight excluding hydrogens is 238 g/mol. The van der Waals surface area contributed by atoms with E-state index in [1.54, 1.807) is 25.4 Å². The van der Waals surface area contributed by atoms with Crippen molar-refractivity contribution >= 4 is 11.9 Å². The average molecular weight is 255 g/mol. The van der Waals surface area contributed by atoms with Crippen molar-refractivity contribution < 1.29 is 19.8 Å². The zero-order chi connectivity index (χ0) is 13.8. The number of carboxylic acids is 1. The molecule has 2 atom stereocenters. The lowest BCUT2D eigenvalue weighted by Gasteiger charge is -2.22. The van der Waals surface area contributed by atoms with Crippen molar-refractivity contribution in [2.75, 3.05) is 6.54 Å². The van der Waals surface area contributed by atoms with Crippen molar-refractivity contribution in [3.8, 4) is 0 Å². The summed E-state index contributed by atoms with van der Waals surface area (Å²) < 4.78 is 1.47. The molecule has 1 aromatic heterocycles. The van der Waals surface area contributed by atoms with E-state index in [0.717, 1.165) is 0 Å². The van der Waals surface area contributed by atoms with Gasteiger partial charge in [0.2, 0.25) is 5.91 Å². The molecule has 0 aromatic carbocycles. The van der Waals surface area contributed by atoms with E-state index in [9.17, 15) is 14.7 Å². The van der Waals surface area contributed by atoms with Gasteiger partial charge in [-0.2, -0.15) is 5.10 Å². The van der Waals surface area contributed by atoms with Gasteiger partial charge in [0.05, 0.1) is 12.0 Å². The van der Waals surface area contributed by atoms with Gasteiger partial charge in [-0.15, -0.1) is 0 Å². The highest BCUT2D eigenvalue weighted by Gasteiger charge is 2.26. The number of carbonyl (C=O) groups excluding carboxylic acids is 1. The van der Waals surface area contributed by atoms with Crippen LogP contribution in [0.5, 0.6) is 0 Å². The van der Waals surface area contributed by atoms with Gasteiger partial charge in [0, 0.05) is 18.9 Å². The number of hydrogen-bond acceptors (Lipinski definition) is 4. The van der Waals surface area contributed by atoms with Gasteiger partial charge in [-0.05, 0) is 19.9 Å². The average Bonchev–Trinajstić information content (AvgIpc) is 2.76. The van der Waals surface area contributed by atoms with Crippen LogP contribution in [-0.4, -0.2) is 44.0 Å².